The van der Waals surface area contributed by atoms with Crippen molar-refractivity contribution >= 4 is 11.5 Å². The highest BCUT2D eigenvalue weighted by Crippen LogP contribution is 2.52. The van der Waals surface area contributed by atoms with E-state index in [2.05, 4.69) is 19.9 Å². The van der Waals surface area contributed by atoms with Crippen molar-refractivity contribution in [3.63, 3.8) is 0 Å². The third-order valence-corrected chi connectivity index (χ3v) is 6.74. The van der Waals surface area contributed by atoms with Crippen molar-refractivity contribution in [2.45, 2.75) is 32.6 Å². The monoisotopic (exact) mass is 473 g/mol. The zero-order valence-electron chi connectivity index (χ0n) is 20.2. The van der Waals surface area contributed by atoms with Crippen molar-refractivity contribution in [1.29, 1.82) is 5.26 Å². The molecule has 2 heterocycles. The Morgan fingerprint density at radius 2 is 1.86 bits per heavy atom. The highest BCUT2D eigenvalue weighted by molar-refractivity contribution is 6.02. The van der Waals surface area contributed by atoms with Gasteiger partial charge in [-0.05, 0) is 41.7 Å². The SMILES string of the molecule is COc1ccc(OC)c(N2C(N)=C(C#N)[C@H](c3ccc4c(c3)OCO4)C3=C2CC(C)(C)CC3=O)c1. The van der Waals surface area contributed by atoms with Gasteiger partial charge in [-0.25, -0.2) is 0 Å². The van der Waals surface area contributed by atoms with Gasteiger partial charge in [0.25, 0.3) is 0 Å². The van der Waals surface area contributed by atoms with Crippen molar-refractivity contribution in [2.24, 2.45) is 11.1 Å². The molecule has 0 fully saturated rings. The second kappa shape index (κ2) is 8.27. The number of ether oxygens (including phenoxy) is 4. The molecule has 1 aliphatic carbocycles. The Labute approximate surface area is 204 Å². The molecule has 3 aliphatic rings. The van der Waals surface area contributed by atoms with E-state index < -0.39 is 5.92 Å². The number of anilines is 1. The van der Waals surface area contributed by atoms with Crippen molar-refractivity contribution in [2.75, 3.05) is 25.9 Å². The molecule has 1 atom stereocenters. The van der Waals surface area contributed by atoms with Gasteiger partial charge in [-0.2, -0.15) is 5.26 Å². The molecule has 0 spiro atoms. The summed E-state index contributed by atoms with van der Waals surface area (Å²) in [7, 11) is 3.15. The minimum Gasteiger partial charge on any atom is -0.497 e. The van der Waals surface area contributed by atoms with Crippen LogP contribution in [-0.2, 0) is 4.79 Å². The van der Waals surface area contributed by atoms with Gasteiger partial charge in [0.15, 0.2) is 17.3 Å². The van der Waals surface area contributed by atoms with Gasteiger partial charge in [0.1, 0.15) is 17.3 Å². The molecule has 5 rings (SSSR count). The summed E-state index contributed by atoms with van der Waals surface area (Å²) >= 11 is 0. The third kappa shape index (κ3) is 3.64. The molecule has 0 radical (unpaired) electrons. The molecular formula is C27H27N3O5. The van der Waals surface area contributed by atoms with Crippen LogP contribution in [0.15, 0.2) is 59.1 Å². The fourth-order valence-electron chi connectivity index (χ4n) is 5.18. The molecule has 2 aromatic carbocycles. The molecule has 0 bridgehead atoms. The van der Waals surface area contributed by atoms with Crippen LogP contribution in [0.4, 0.5) is 5.69 Å². The number of rotatable bonds is 4. The largest absolute Gasteiger partial charge is 0.497 e. The number of methoxy groups -OCH3 is 2. The Bertz CT molecular complexity index is 1330. The van der Waals surface area contributed by atoms with Crippen LogP contribution >= 0.6 is 0 Å². The summed E-state index contributed by atoms with van der Waals surface area (Å²) in [5, 5.41) is 10.3. The molecule has 2 N–H and O–H groups in total. The van der Waals surface area contributed by atoms with Crippen LogP contribution in [0.1, 0.15) is 38.2 Å². The molecule has 0 amide bonds. The molecule has 0 unspecified atom stereocenters. The Balaban J connectivity index is 1.78. The van der Waals surface area contributed by atoms with Gasteiger partial charge in [-0.3, -0.25) is 9.69 Å². The topological polar surface area (TPSA) is 107 Å². The molecule has 0 aromatic heterocycles. The second-order valence-corrected chi connectivity index (χ2v) is 9.63. The number of allylic oxidation sites excluding steroid dienone is 3. The zero-order valence-corrected chi connectivity index (χ0v) is 20.2. The Kier molecular flexibility index (Phi) is 5.36. The number of nitrogens with zero attached hydrogens (tertiary/aromatic N) is 2. The first-order valence-corrected chi connectivity index (χ1v) is 11.4. The van der Waals surface area contributed by atoms with Crippen molar-refractivity contribution < 1.29 is 23.7 Å². The Hall–Kier alpha value is -4.12. The number of Topliss-reactive ketones (excluding diaryl/α,β-unsaturated/α-hetero) is 1. The summed E-state index contributed by atoms with van der Waals surface area (Å²) in [6, 6.07) is 13.2. The van der Waals surface area contributed by atoms with Crippen LogP contribution in [0, 0.1) is 16.7 Å². The smallest absolute Gasteiger partial charge is 0.231 e. The number of carbonyl (C=O) groups excluding carboxylic acids is 1. The quantitative estimate of drug-likeness (QED) is 0.698. The van der Waals surface area contributed by atoms with Gasteiger partial charge in [-0.1, -0.05) is 19.9 Å². The van der Waals surface area contributed by atoms with E-state index in [1.165, 1.54) is 0 Å². The van der Waals surface area contributed by atoms with E-state index >= 15 is 0 Å². The number of nitrogens with two attached hydrogens (primary N) is 1. The van der Waals surface area contributed by atoms with Crippen LogP contribution in [0.2, 0.25) is 0 Å². The average molecular weight is 474 g/mol. The molecule has 8 heteroatoms. The number of ketones is 1. The predicted octanol–water partition coefficient (Wildman–Crippen LogP) is 4.37. The number of hydrogen-bond donors (Lipinski definition) is 1. The molecule has 0 saturated heterocycles. The number of benzene rings is 2. The summed E-state index contributed by atoms with van der Waals surface area (Å²) < 4.78 is 22.1. The van der Waals surface area contributed by atoms with E-state index in [9.17, 15) is 10.1 Å². The standard InChI is InChI=1S/C27H27N3O5/c1-27(2)11-19-25(20(31)12-27)24(15-5-7-22-23(9-15)35-14-34-22)17(13-28)26(29)30(19)18-10-16(32-3)6-8-21(18)33-4/h5-10,24H,11-12,14,29H2,1-4H3/t24-/m0/s1. The third-order valence-electron chi connectivity index (χ3n) is 6.74. The fourth-order valence-corrected chi connectivity index (χ4v) is 5.18. The van der Waals surface area contributed by atoms with Gasteiger partial charge in [-0.15, -0.1) is 0 Å². The lowest BCUT2D eigenvalue weighted by Crippen LogP contribution is -2.42. The molecule has 8 nitrogen and oxygen atoms in total. The van der Waals surface area contributed by atoms with Crippen LogP contribution in [0.3, 0.4) is 0 Å². The maximum Gasteiger partial charge on any atom is 0.231 e. The van der Waals surface area contributed by atoms with Gasteiger partial charge < -0.3 is 24.7 Å². The molecule has 2 aliphatic heterocycles. The average Bonchev–Trinajstić information content (AvgIpc) is 3.30. The lowest BCUT2D eigenvalue weighted by Gasteiger charge is -2.44. The lowest BCUT2D eigenvalue weighted by molar-refractivity contribution is -0.118. The second-order valence-electron chi connectivity index (χ2n) is 9.63. The summed E-state index contributed by atoms with van der Waals surface area (Å²) in [6.45, 7) is 4.26. The number of hydrogen-bond acceptors (Lipinski definition) is 8. The highest BCUT2D eigenvalue weighted by Gasteiger charge is 2.45. The Morgan fingerprint density at radius 1 is 1.09 bits per heavy atom. The van der Waals surface area contributed by atoms with E-state index in [0.29, 0.717) is 52.7 Å². The maximum atomic E-state index is 13.7. The van der Waals surface area contributed by atoms with Gasteiger partial charge in [0.2, 0.25) is 6.79 Å². The Morgan fingerprint density at radius 3 is 2.57 bits per heavy atom. The number of fused-ring (bicyclic) bond motifs is 1. The van der Waals surface area contributed by atoms with Crippen molar-refractivity contribution in [3.05, 3.63) is 64.6 Å². The minimum atomic E-state index is -0.610. The van der Waals surface area contributed by atoms with Crippen LogP contribution < -0.4 is 29.6 Å². The van der Waals surface area contributed by atoms with E-state index in [0.717, 1.165) is 11.3 Å². The molecule has 0 saturated carbocycles. The van der Waals surface area contributed by atoms with Crippen LogP contribution in [0.5, 0.6) is 23.0 Å². The van der Waals surface area contributed by atoms with Gasteiger partial charge in [0.05, 0.1) is 37.5 Å². The normalized spacial score (nSPS) is 20.5. The first kappa shape index (κ1) is 22.7. The molecule has 2 aromatic rings. The van der Waals surface area contributed by atoms with E-state index in [1.54, 1.807) is 43.4 Å². The molecular weight excluding hydrogens is 446 g/mol. The van der Waals surface area contributed by atoms with Gasteiger partial charge in [0, 0.05) is 23.8 Å². The first-order valence-electron chi connectivity index (χ1n) is 11.4. The lowest BCUT2D eigenvalue weighted by atomic mass is 9.68. The van der Waals surface area contributed by atoms with Crippen LogP contribution in [0.25, 0.3) is 0 Å². The summed E-state index contributed by atoms with van der Waals surface area (Å²) in [5.74, 6) is 2.01. The summed E-state index contributed by atoms with van der Waals surface area (Å²) in [5.41, 5.74) is 9.45. The van der Waals surface area contributed by atoms with E-state index in [-0.39, 0.29) is 23.8 Å². The van der Waals surface area contributed by atoms with Crippen molar-refractivity contribution in [1.82, 2.24) is 0 Å². The maximum absolute atomic E-state index is 13.7. The first-order chi connectivity index (χ1) is 16.8. The molecule has 35 heavy (non-hydrogen) atoms. The summed E-state index contributed by atoms with van der Waals surface area (Å²) in [6.07, 6.45) is 0.962. The molecule has 180 valence electrons. The van der Waals surface area contributed by atoms with E-state index in [4.69, 9.17) is 24.7 Å². The number of nitriles is 1. The predicted molar refractivity (Wildman–Crippen MR) is 129 cm³/mol. The minimum absolute atomic E-state index is 0.00831. The fraction of sp³-hybridized carbons (Fsp3) is 0.333. The highest BCUT2D eigenvalue weighted by atomic mass is 16.7. The van der Waals surface area contributed by atoms with Gasteiger partial charge >= 0.3 is 0 Å². The number of carbonyl (C=O) groups is 1. The summed E-state index contributed by atoms with van der Waals surface area (Å²) in [4.78, 5) is 15.5. The zero-order chi connectivity index (χ0) is 24.9. The van der Waals surface area contributed by atoms with E-state index in [1.807, 2.05) is 12.1 Å². The van der Waals surface area contributed by atoms with Crippen molar-refractivity contribution in [3.8, 4) is 29.1 Å². The van der Waals surface area contributed by atoms with Crippen LogP contribution in [-0.4, -0.2) is 26.8 Å².